The Morgan fingerprint density at radius 2 is 1.70 bits per heavy atom. The maximum Gasteiger partial charge on any atom is 0.223 e. The lowest BCUT2D eigenvalue weighted by molar-refractivity contribution is -0.133. The highest BCUT2D eigenvalue weighted by molar-refractivity contribution is 5.97. The van der Waals surface area contributed by atoms with Gasteiger partial charge in [-0.15, -0.1) is 0 Å². The van der Waals surface area contributed by atoms with Crippen LogP contribution in [0.4, 0.5) is 0 Å². The minimum Gasteiger partial charge on any atom is -0.497 e. The summed E-state index contributed by atoms with van der Waals surface area (Å²) >= 11 is 0. The Labute approximate surface area is 161 Å². The van der Waals surface area contributed by atoms with Crippen LogP contribution < -0.4 is 4.74 Å². The van der Waals surface area contributed by atoms with E-state index in [-0.39, 0.29) is 30.6 Å². The summed E-state index contributed by atoms with van der Waals surface area (Å²) < 4.78 is 5.24. The molecule has 0 spiro atoms. The van der Waals surface area contributed by atoms with Crippen molar-refractivity contribution in [3.63, 3.8) is 0 Å². The molecule has 0 bridgehead atoms. The number of methoxy groups -OCH3 is 1. The predicted octanol–water partition coefficient (Wildman–Crippen LogP) is 4.80. The first-order chi connectivity index (χ1) is 13.2. The van der Waals surface area contributed by atoms with Gasteiger partial charge in [-0.1, -0.05) is 55.3 Å². The lowest BCUT2D eigenvalue weighted by Crippen LogP contribution is -2.35. The number of carbonyl (C=O) groups is 2. The minimum atomic E-state index is 0.0276. The van der Waals surface area contributed by atoms with E-state index in [4.69, 9.17) is 4.74 Å². The standard InChI is InChI=1S/C23H27NO3/c1-27-20-13-11-18(12-14-20)21-10-6-3-7-17-24(21)23(26)16-15-22(25)19-8-4-2-5-9-19/h2,4-5,8-9,11-14,21H,3,6-7,10,15-17H2,1H3. The van der Waals surface area contributed by atoms with Crippen molar-refractivity contribution in [3.05, 3.63) is 65.7 Å². The number of ether oxygens (including phenoxy) is 1. The van der Waals surface area contributed by atoms with Gasteiger partial charge in [-0.3, -0.25) is 9.59 Å². The Morgan fingerprint density at radius 1 is 0.963 bits per heavy atom. The van der Waals surface area contributed by atoms with Crippen LogP contribution in [0.1, 0.15) is 60.5 Å². The van der Waals surface area contributed by atoms with Crippen LogP contribution in [0.5, 0.6) is 5.75 Å². The topological polar surface area (TPSA) is 46.6 Å². The summed E-state index contributed by atoms with van der Waals surface area (Å²) in [6, 6.07) is 17.3. The van der Waals surface area contributed by atoms with Crippen molar-refractivity contribution in [1.29, 1.82) is 0 Å². The molecule has 1 amide bonds. The molecule has 142 valence electrons. The monoisotopic (exact) mass is 365 g/mol. The summed E-state index contributed by atoms with van der Waals surface area (Å²) in [5.74, 6) is 0.917. The molecule has 0 aromatic heterocycles. The van der Waals surface area contributed by atoms with Crippen molar-refractivity contribution >= 4 is 11.7 Å². The van der Waals surface area contributed by atoms with Crippen molar-refractivity contribution in [3.8, 4) is 5.75 Å². The number of benzene rings is 2. The number of Topliss-reactive ketones (excluding diaryl/α,β-unsaturated/α-hetero) is 1. The third-order valence-electron chi connectivity index (χ3n) is 5.24. The highest BCUT2D eigenvalue weighted by Crippen LogP contribution is 2.31. The van der Waals surface area contributed by atoms with Crippen molar-refractivity contribution in [2.45, 2.75) is 44.6 Å². The van der Waals surface area contributed by atoms with Crippen LogP contribution in [0, 0.1) is 0 Å². The second-order valence-electron chi connectivity index (χ2n) is 7.01. The number of carbonyl (C=O) groups excluding carboxylic acids is 2. The Morgan fingerprint density at radius 3 is 2.41 bits per heavy atom. The molecule has 1 aliphatic rings. The summed E-state index contributed by atoms with van der Waals surface area (Å²) in [6.07, 6.45) is 4.76. The van der Waals surface area contributed by atoms with Crippen LogP contribution in [0.2, 0.25) is 0 Å². The van der Waals surface area contributed by atoms with E-state index in [0.717, 1.165) is 43.5 Å². The number of rotatable bonds is 6. The van der Waals surface area contributed by atoms with Gasteiger partial charge in [0, 0.05) is 24.9 Å². The lowest BCUT2D eigenvalue weighted by Gasteiger charge is -2.30. The second-order valence-corrected chi connectivity index (χ2v) is 7.01. The maximum atomic E-state index is 12.9. The normalized spacial score (nSPS) is 17.2. The number of hydrogen-bond donors (Lipinski definition) is 0. The molecule has 0 N–H and O–H groups in total. The summed E-state index contributed by atoms with van der Waals surface area (Å²) in [7, 11) is 1.65. The van der Waals surface area contributed by atoms with Crippen LogP contribution in [0.15, 0.2) is 54.6 Å². The van der Waals surface area contributed by atoms with E-state index in [2.05, 4.69) is 0 Å². The lowest BCUT2D eigenvalue weighted by atomic mass is 9.99. The molecule has 1 fully saturated rings. The van der Waals surface area contributed by atoms with Crippen molar-refractivity contribution in [2.75, 3.05) is 13.7 Å². The molecular weight excluding hydrogens is 338 g/mol. The van der Waals surface area contributed by atoms with Gasteiger partial charge in [0.05, 0.1) is 13.2 Å². The molecule has 4 heteroatoms. The van der Waals surface area contributed by atoms with Gasteiger partial charge in [0.25, 0.3) is 0 Å². The maximum absolute atomic E-state index is 12.9. The van der Waals surface area contributed by atoms with Gasteiger partial charge >= 0.3 is 0 Å². The molecule has 1 unspecified atom stereocenters. The smallest absolute Gasteiger partial charge is 0.223 e. The highest BCUT2D eigenvalue weighted by atomic mass is 16.5. The average molecular weight is 365 g/mol. The van der Waals surface area contributed by atoms with E-state index in [0.29, 0.717) is 5.56 Å². The van der Waals surface area contributed by atoms with Gasteiger partial charge in [0.15, 0.2) is 5.78 Å². The fourth-order valence-corrected chi connectivity index (χ4v) is 3.71. The van der Waals surface area contributed by atoms with Gasteiger partial charge in [0.2, 0.25) is 5.91 Å². The molecule has 1 atom stereocenters. The van der Waals surface area contributed by atoms with Crippen LogP contribution in [0.3, 0.4) is 0 Å². The number of hydrogen-bond acceptors (Lipinski definition) is 3. The second kappa shape index (κ2) is 9.36. The summed E-state index contributed by atoms with van der Waals surface area (Å²) in [5.41, 5.74) is 1.81. The molecule has 1 saturated heterocycles. The SMILES string of the molecule is COc1ccc(C2CCCCCN2C(=O)CCC(=O)c2ccccc2)cc1. The first-order valence-electron chi connectivity index (χ1n) is 9.70. The van der Waals surface area contributed by atoms with Crippen LogP contribution in [-0.2, 0) is 4.79 Å². The van der Waals surface area contributed by atoms with Crippen molar-refractivity contribution in [2.24, 2.45) is 0 Å². The zero-order valence-corrected chi connectivity index (χ0v) is 15.9. The fraction of sp³-hybridized carbons (Fsp3) is 0.391. The average Bonchev–Trinajstić information content (AvgIpc) is 2.98. The molecule has 0 radical (unpaired) electrons. The Kier molecular flexibility index (Phi) is 6.64. The summed E-state index contributed by atoms with van der Waals surface area (Å²) in [5, 5.41) is 0. The van der Waals surface area contributed by atoms with E-state index >= 15 is 0 Å². The molecule has 3 rings (SSSR count). The fourth-order valence-electron chi connectivity index (χ4n) is 3.71. The Balaban J connectivity index is 1.68. The van der Waals surface area contributed by atoms with Gasteiger partial charge in [-0.25, -0.2) is 0 Å². The van der Waals surface area contributed by atoms with E-state index in [1.165, 1.54) is 0 Å². The van der Waals surface area contributed by atoms with Crippen LogP contribution in [-0.4, -0.2) is 30.2 Å². The van der Waals surface area contributed by atoms with Crippen LogP contribution >= 0.6 is 0 Å². The van der Waals surface area contributed by atoms with Crippen LogP contribution in [0.25, 0.3) is 0 Å². The third kappa shape index (κ3) is 4.97. The van der Waals surface area contributed by atoms with Gasteiger partial charge < -0.3 is 9.64 Å². The zero-order valence-electron chi connectivity index (χ0n) is 15.9. The van der Waals surface area contributed by atoms with E-state index in [1.54, 1.807) is 19.2 Å². The number of nitrogens with zero attached hydrogens (tertiary/aromatic N) is 1. The van der Waals surface area contributed by atoms with E-state index < -0.39 is 0 Å². The highest BCUT2D eigenvalue weighted by Gasteiger charge is 2.27. The summed E-state index contributed by atoms with van der Waals surface area (Å²) in [6.45, 7) is 0.759. The number of ketones is 1. The molecule has 0 saturated carbocycles. The molecule has 27 heavy (non-hydrogen) atoms. The largest absolute Gasteiger partial charge is 0.497 e. The first-order valence-corrected chi connectivity index (χ1v) is 9.70. The van der Waals surface area contributed by atoms with Gasteiger partial charge in [-0.05, 0) is 30.5 Å². The van der Waals surface area contributed by atoms with Crippen molar-refractivity contribution < 1.29 is 14.3 Å². The zero-order chi connectivity index (χ0) is 19.1. The van der Waals surface area contributed by atoms with Gasteiger partial charge in [-0.2, -0.15) is 0 Å². The molecule has 0 aliphatic carbocycles. The molecule has 4 nitrogen and oxygen atoms in total. The molecule has 1 aliphatic heterocycles. The quantitative estimate of drug-likeness (QED) is 0.691. The van der Waals surface area contributed by atoms with E-state index in [1.807, 2.05) is 47.4 Å². The Bertz CT molecular complexity index is 755. The molecular formula is C23H27NO3. The third-order valence-corrected chi connectivity index (χ3v) is 5.24. The van der Waals surface area contributed by atoms with Gasteiger partial charge in [0.1, 0.15) is 5.75 Å². The first kappa shape index (κ1) is 19.2. The minimum absolute atomic E-state index is 0.0276. The number of amides is 1. The summed E-state index contributed by atoms with van der Waals surface area (Å²) in [4.78, 5) is 27.3. The molecule has 2 aromatic carbocycles. The molecule has 2 aromatic rings. The molecule has 1 heterocycles. The Hall–Kier alpha value is -2.62. The van der Waals surface area contributed by atoms with E-state index in [9.17, 15) is 9.59 Å². The number of likely N-dealkylation sites (tertiary alicyclic amines) is 1. The predicted molar refractivity (Wildman–Crippen MR) is 106 cm³/mol. The van der Waals surface area contributed by atoms with Crippen molar-refractivity contribution in [1.82, 2.24) is 4.90 Å².